The molecule has 1 aromatic heterocycles. The van der Waals surface area contributed by atoms with E-state index in [-0.39, 0.29) is 16.8 Å². The summed E-state index contributed by atoms with van der Waals surface area (Å²) in [5, 5.41) is 0.404. The topological polar surface area (TPSA) is 69.0 Å². The lowest BCUT2D eigenvalue weighted by Crippen LogP contribution is -2.29. The first-order valence-corrected chi connectivity index (χ1v) is 10.7. The van der Waals surface area contributed by atoms with Crippen molar-refractivity contribution in [1.29, 1.82) is 0 Å². The highest BCUT2D eigenvalue weighted by molar-refractivity contribution is 6.10. The second-order valence-electron chi connectivity index (χ2n) is 8.28. The molecule has 6 nitrogen and oxygen atoms in total. The summed E-state index contributed by atoms with van der Waals surface area (Å²) in [4.78, 5) is 28.9. The predicted octanol–water partition coefficient (Wildman–Crippen LogP) is 5.32. The monoisotopic (exact) mass is 459 g/mol. The van der Waals surface area contributed by atoms with E-state index in [1.807, 2.05) is 13.8 Å². The van der Waals surface area contributed by atoms with Gasteiger partial charge < -0.3 is 13.9 Å². The van der Waals surface area contributed by atoms with Gasteiger partial charge in [-0.05, 0) is 79.1 Å². The summed E-state index contributed by atoms with van der Waals surface area (Å²) in [6.07, 6.45) is 0. The largest absolute Gasteiger partial charge is 0.493 e. The lowest BCUT2D eigenvalue weighted by Gasteiger charge is -2.25. The Morgan fingerprint density at radius 2 is 1.56 bits per heavy atom. The second kappa shape index (κ2) is 8.02. The molecule has 1 aliphatic rings. The van der Waals surface area contributed by atoms with Crippen molar-refractivity contribution < 1.29 is 23.1 Å². The van der Waals surface area contributed by atoms with Gasteiger partial charge in [-0.25, -0.2) is 4.39 Å². The van der Waals surface area contributed by atoms with Crippen molar-refractivity contribution in [3.8, 4) is 11.5 Å². The molecule has 4 aromatic rings. The van der Waals surface area contributed by atoms with E-state index in [1.54, 1.807) is 30.3 Å². The minimum Gasteiger partial charge on any atom is -0.493 e. The molecule has 0 saturated carbocycles. The molecule has 0 aliphatic carbocycles. The Kier molecular flexibility index (Phi) is 5.12. The molecule has 0 N–H and O–H groups in total. The van der Waals surface area contributed by atoms with Crippen LogP contribution in [-0.2, 0) is 0 Å². The zero-order valence-electron chi connectivity index (χ0n) is 19.1. The van der Waals surface area contributed by atoms with Crippen LogP contribution in [0.25, 0.3) is 11.0 Å². The molecular formula is C27H22FNO5. The average molecular weight is 459 g/mol. The van der Waals surface area contributed by atoms with Crippen molar-refractivity contribution in [2.45, 2.75) is 19.9 Å². The summed E-state index contributed by atoms with van der Waals surface area (Å²) in [6.45, 7) is 3.84. The first-order chi connectivity index (χ1) is 16.3. The van der Waals surface area contributed by atoms with E-state index in [0.717, 1.165) is 11.1 Å². The number of benzene rings is 3. The fourth-order valence-corrected chi connectivity index (χ4v) is 4.43. The number of nitrogens with zero attached hydrogens (tertiary/aromatic N) is 1. The van der Waals surface area contributed by atoms with E-state index in [0.29, 0.717) is 33.7 Å². The van der Waals surface area contributed by atoms with Crippen LogP contribution in [0.4, 0.5) is 10.1 Å². The lowest BCUT2D eigenvalue weighted by molar-refractivity contribution is 0.0971. The summed E-state index contributed by atoms with van der Waals surface area (Å²) in [7, 11) is 3.04. The molecule has 0 saturated heterocycles. The van der Waals surface area contributed by atoms with Crippen LogP contribution in [0.2, 0.25) is 0 Å². The van der Waals surface area contributed by atoms with Gasteiger partial charge in [0.15, 0.2) is 16.9 Å². The molecule has 172 valence electrons. The number of hydrogen-bond acceptors (Lipinski definition) is 5. The van der Waals surface area contributed by atoms with Gasteiger partial charge in [-0.3, -0.25) is 14.5 Å². The van der Waals surface area contributed by atoms with E-state index >= 15 is 0 Å². The minimum absolute atomic E-state index is 0.0233. The van der Waals surface area contributed by atoms with Crippen molar-refractivity contribution in [2.75, 3.05) is 19.1 Å². The van der Waals surface area contributed by atoms with E-state index in [9.17, 15) is 14.0 Å². The van der Waals surface area contributed by atoms with E-state index in [2.05, 4.69) is 0 Å². The molecule has 2 heterocycles. The molecule has 1 aliphatic heterocycles. The van der Waals surface area contributed by atoms with Gasteiger partial charge in [0.2, 0.25) is 5.76 Å². The SMILES string of the molecule is COc1ccc(C2c3c(oc4cc(C)c(C)cc4c3=O)C(=O)N2c2ccc(F)cc2)cc1OC. The van der Waals surface area contributed by atoms with Crippen molar-refractivity contribution in [3.05, 3.63) is 98.7 Å². The molecule has 0 fully saturated rings. The molecule has 5 rings (SSSR count). The third-order valence-electron chi connectivity index (χ3n) is 6.31. The Morgan fingerprint density at radius 1 is 0.882 bits per heavy atom. The molecule has 0 spiro atoms. The summed E-state index contributed by atoms with van der Waals surface area (Å²) < 4.78 is 30.5. The summed E-state index contributed by atoms with van der Waals surface area (Å²) in [5.41, 5.74) is 3.27. The second-order valence-corrected chi connectivity index (χ2v) is 8.28. The van der Waals surface area contributed by atoms with Crippen LogP contribution in [-0.4, -0.2) is 20.1 Å². The van der Waals surface area contributed by atoms with Gasteiger partial charge in [0.1, 0.15) is 11.4 Å². The van der Waals surface area contributed by atoms with Crippen molar-refractivity contribution in [3.63, 3.8) is 0 Å². The number of rotatable bonds is 4. The first kappa shape index (κ1) is 21.7. The summed E-state index contributed by atoms with van der Waals surface area (Å²) in [5.74, 6) is 0.0438. The highest BCUT2D eigenvalue weighted by Gasteiger charge is 2.44. The van der Waals surface area contributed by atoms with Crippen LogP contribution >= 0.6 is 0 Å². The Morgan fingerprint density at radius 3 is 2.24 bits per heavy atom. The predicted molar refractivity (Wildman–Crippen MR) is 127 cm³/mol. The number of hydrogen-bond donors (Lipinski definition) is 0. The van der Waals surface area contributed by atoms with Crippen molar-refractivity contribution >= 4 is 22.6 Å². The zero-order valence-corrected chi connectivity index (χ0v) is 19.1. The first-order valence-electron chi connectivity index (χ1n) is 10.7. The number of fused-ring (bicyclic) bond motifs is 2. The number of anilines is 1. The quantitative estimate of drug-likeness (QED) is 0.413. The molecule has 1 amide bonds. The molecular weight excluding hydrogens is 437 g/mol. The number of halogens is 1. The van der Waals surface area contributed by atoms with E-state index in [4.69, 9.17) is 13.9 Å². The maximum Gasteiger partial charge on any atom is 0.295 e. The molecule has 34 heavy (non-hydrogen) atoms. The molecule has 7 heteroatoms. The smallest absolute Gasteiger partial charge is 0.295 e. The summed E-state index contributed by atoms with van der Waals surface area (Å²) >= 11 is 0. The lowest BCUT2D eigenvalue weighted by atomic mass is 9.97. The number of carbonyl (C=O) groups excluding carboxylic acids is 1. The minimum atomic E-state index is -0.796. The molecule has 0 bridgehead atoms. The highest BCUT2D eigenvalue weighted by Crippen LogP contribution is 2.43. The molecule has 1 atom stereocenters. The van der Waals surface area contributed by atoms with Crippen LogP contribution in [0, 0.1) is 19.7 Å². The van der Waals surface area contributed by atoms with Gasteiger partial charge in [-0.15, -0.1) is 0 Å². The van der Waals surface area contributed by atoms with Gasteiger partial charge in [-0.2, -0.15) is 0 Å². The third-order valence-corrected chi connectivity index (χ3v) is 6.31. The van der Waals surface area contributed by atoms with Crippen LogP contribution in [0.15, 0.2) is 63.8 Å². The van der Waals surface area contributed by atoms with Gasteiger partial charge in [0.05, 0.1) is 31.2 Å². The Bertz CT molecular complexity index is 1510. The number of ether oxygens (including phenoxy) is 2. The van der Waals surface area contributed by atoms with E-state index < -0.39 is 17.8 Å². The third kappa shape index (κ3) is 3.23. The van der Waals surface area contributed by atoms with Crippen molar-refractivity contribution in [2.24, 2.45) is 0 Å². The van der Waals surface area contributed by atoms with Gasteiger partial charge in [0, 0.05) is 5.69 Å². The summed E-state index contributed by atoms with van der Waals surface area (Å²) in [6, 6.07) is 13.5. The van der Waals surface area contributed by atoms with Crippen LogP contribution < -0.4 is 19.8 Å². The fraction of sp³-hybridized carbons (Fsp3) is 0.185. The van der Waals surface area contributed by atoms with E-state index in [1.165, 1.54) is 43.4 Å². The Balaban J connectivity index is 1.82. The van der Waals surface area contributed by atoms with Gasteiger partial charge in [-0.1, -0.05) is 6.07 Å². The number of methoxy groups -OCH3 is 2. The van der Waals surface area contributed by atoms with Crippen molar-refractivity contribution in [1.82, 2.24) is 0 Å². The standard InChI is InChI=1S/C27H22FNO5/c1-14-11-19-21(12-15(14)2)34-26-23(25(19)30)24(16-5-10-20(32-3)22(13-16)33-4)29(27(26)31)18-8-6-17(28)7-9-18/h5-13,24H,1-4H3. The number of aryl methyl sites for hydroxylation is 2. The van der Waals surface area contributed by atoms with Gasteiger partial charge in [0.25, 0.3) is 5.91 Å². The van der Waals surface area contributed by atoms with Crippen LogP contribution in [0.3, 0.4) is 0 Å². The Labute approximate surface area is 195 Å². The molecule has 1 unspecified atom stereocenters. The fourth-order valence-electron chi connectivity index (χ4n) is 4.43. The number of amides is 1. The van der Waals surface area contributed by atoms with Crippen LogP contribution in [0.1, 0.15) is 38.9 Å². The normalized spacial score (nSPS) is 15.0. The number of carbonyl (C=O) groups is 1. The van der Waals surface area contributed by atoms with Crippen LogP contribution in [0.5, 0.6) is 11.5 Å². The Hall–Kier alpha value is -4.13. The highest BCUT2D eigenvalue weighted by atomic mass is 19.1. The molecule has 3 aromatic carbocycles. The van der Waals surface area contributed by atoms with Gasteiger partial charge >= 0.3 is 0 Å². The molecule has 0 radical (unpaired) electrons. The average Bonchev–Trinajstić information content (AvgIpc) is 3.13. The maximum atomic E-state index is 13.8. The zero-order chi connectivity index (χ0) is 24.1. The maximum absolute atomic E-state index is 13.8.